The van der Waals surface area contributed by atoms with Crippen LogP contribution in [0.25, 0.3) is 0 Å². The quantitative estimate of drug-likeness (QED) is 0.189. The third-order valence-corrected chi connectivity index (χ3v) is 8.12. The number of carbonyl (C=O) groups excluding carboxylic acids is 3. The second-order valence-corrected chi connectivity index (χ2v) is 11.1. The van der Waals surface area contributed by atoms with Gasteiger partial charge in [-0.2, -0.15) is 0 Å². The predicted octanol–water partition coefficient (Wildman–Crippen LogP) is 6.57. The fourth-order valence-corrected chi connectivity index (χ4v) is 6.03. The van der Waals surface area contributed by atoms with Crippen molar-refractivity contribution >= 4 is 23.6 Å². The molecule has 3 amide bonds. The fraction of sp³-hybridized carbons (Fsp3) is 0.270. The van der Waals surface area contributed by atoms with Gasteiger partial charge in [0.25, 0.3) is 0 Å². The Hall–Kier alpha value is -5.11. The standard InChI is InChI=1S/C37H39N3O5/c1-3-45-36(42)30-15-10-16-31(23-30)39-37(43)38-24-34(41)40(25-26-11-5-4-6-12-26)35-29(20-19-28-14-7-8-18-33(28)35)21-27-13-9-17-32(22-27)44-2/h4-18,22-23,29,35H,3,19-21,24-25H2,1-2H3,(H2,38,39,43). The first-order valence-electron chi connectivity index (χ1n) is 15.3. The van der Waals surface area contributed by atoms with Crippen LogP contribution < -0.4 is 15.4 Å². The molecule has 1 aliphatic rings. The molecule has 0 saturated heterocycles. The van der Waals surface area contributed by atoms with Crippen LogP contribution >= 0.6 is 0 Å². The molecule has 2 N–H and O–H groups in total. The van der Waals surface area contributed by atoms with Gasteiger partial charge in [0, 0.05) is 12.2 Å². The summed E-state index contributed by atoms with van der Waals surface area (Å²) in [6, 6.07) is 32.1. The summed E-state index contributed by atoms with van der Waals surface area (Å²) in [6.07, 6.45) is 2.63. The van der Waals surface area contributed by atoms with Gasteiger partial charge in [-0.3, -0.25) is 4.79 Å². The van der Waals surface area contributed by atoms with E-state index < -0.39 is 12.0 Å². The number of aryl methyl sites for hydroxylation is 1. The first kappa shape index (κ1) is 31.3. The fourth-order valence-electron chi connectivity index (χ4n) is 6.03. The zero-order chi connectivity index (χ0) is 31.6. The number of rotatable bonds is 11. The molecular formula is C37H39N3O5. The summed E-state index contributed by atoms with van der Waals surface area (Å²) in [6.45, 7) is 2.20. The normalized spacial score (nSPS) is 15.3. The average molecular weight is 606 g/mol. The lowest BCUT2D eigenvalue weighted by Crippen LogP contribution is -2.46. The highest BCUT2D eigenvalue weighted by molar-refractivity contribution is 5.95. The van der Waals surface area contributed by atoms with Gasteiger partial charge in [0.1, 0.15) is 5.75 Å². The second-order valence-electron chi connectivity index (χ2n) is 11.1. The number of nitrogens with one attached hydrogen (secondary N) is 2. The van der Waals surface area contributed by atoms with Crippen LogP contribution in [0.2, 0.25) is 0 Å². The molecule has 0 aliphatic heterocycles. The number of carbonyl (C=O) groups is 3. The van der Waals surface area contributed by atoms with Crippen molar-refractivity contribution in [3.05, 3.63) is 131 Å². The number of hydrogen-bond donors (Lipinski definition) is 2. The molecule has 0 fully saturated rings. The molecule has 4 aromatic rings. The van der Waals surface area contributed by atoms with Gasteiger partial charge in [-0.15, -0.1) is 0 Å². The second kappa shape index (κ2) is 15.1. The predicted molar refractivity (Wildman–Crippen MR) is 174 cm³/mol. The van der Waals surface area contributed by atoms with E-state index in [4.69, 9.17) is 9.47 Å². The van der Waals surface area contributed by atoms with Crippen molar-refractivity contribution in [2.45, 2.75) is 38.8 Å². The summed E-state index contributed by atoms with van der Waals surface area (Å²) in [5.41, 5.74) is 5.29. The van der Waals surface area contributed by atoms with E-state index >= 15 is 0 Å². The number of fused-ring (bicyclic) bond motifs is 1. The molecule has 2 unspecified atom stereocenters. The molecule has 0 heterocycles. The van der Waals surface area contributed by atoms with E-state index in [0.29, 0.717) is 17.8 Å². The van der Waals surface area contributed by atoms with Crippen LogP contribution in [0.5, 0.6) is 5.75 Å². The first-order valence-corrected chi connectivity index (χ1v) is 15.3. The summed E-state index contributed by atoms with van der Waals surface area (Å²) >= 11 is 0. The zero-order valence-electron chi connectivity index (χ0n) is 25.7. The van der Waals surface area contributed by atoms with Gasteiger partial charge in [0.05, 0.1) is 31.9 Å². The summed E-state index contributed by atoms with van der Waals surface area (Å²) in [7, 11) is 1.67. The number of hydrogen-bond acceptors (Lipinski definition) is 5. The monoisotopic (exact) mass is 605 g/mol. The number of esters is 1. The van der Waals surface area contributed by atoms with Crippen LogP contribution in [0.4, 0.5) is 10.5 Å². The van der Waals surface area contributed by atoms with Gasteiger partial charge in [0.2, 0.25) is 5.91 Å². The largest absolute Gasteiger partial charge is 0.497 e. The van der Waals surface area contributed by atoms with Crippen LogP contribution in [-0.4, -0.2) is 43.1 Å². The number of methoxy groups -OCH3 is 1. The molecule has 4 aromatic carbocycles. The molecule has 0 saturated carbocycles. The molecule has 8 nitrogen and oxygen atoms in total. The van der Waals surface area contributed by atoms with E-state index in [0.717, 1.165) is 41.7 Å². The van der Waals surface area contributed by atoms with Crippen molar-refractivity contribution in [1.82, 2.24) is 10.2 Å². The molecule has 5 rings (SSSR count). The number of benzene rings is 4. The van der Waals surface area contributed by atoms with Crippen LogP contribution in [0.1, 0.15) is 52.0 Å². The van der Waals surface area contributed by atoms with Crippen molar-refractivity contribution in [3.63, 3.8) is 0 Å². The Kier molecular flexibility index (Phi) is 10.5. The molecule has 2 atom stereocenters. The van der Waals surface area contributed by atoms with Crippen molar-refractivity contribution in [3.8, 4) is 5.75 Å². The first-order chi connectivity index (χ1) is 21.9. The van der Waals surface area contributed by atoms with Gasteiger partial charge in [0.15, 0.2) is 0 Å². The van der Waals surface area contributed by atoms with Crippen LogP contribution in [0.3, 0.4) is 0 Å². The summed E-state index contributed by atoms with van der Waals surface area (Å²) < 4.78 is 10.5. The lowest BCUT2D eigenvalue weighted by molar-refractivity contribution is -0.135. The molecule has 1 aliphatic carbocycles. The third-order valence-electron chi connectivity index (χ3n) is 8.12. The average Bonchev–Trinajstić information content (AvgIpc) is 3.07. The Bertz CT molecular complexity index is 1620. The van der Waals surface area contributed by atoms with E-state index in [-0.39, 0.29) is 31.0 Å². The van der Waals surface area contributed by atoms with E-state index in [1.807, 2.05) is 59.5 Å². The van der Waals surface area contributed by atoms with Crippen LogP contribution in [0.15, 0.2) is 103 Å². The minimum atomic E-state index is -0.541. The van der Waals surface area contributed by atoms with E-state index in [9.17, 15) is 14.4 Å². The van der Waals surface area contributed by atoms with E-state index in [1.54, 1.807) is 38.3 Å². The Morgan fingerprint density at radius 2 is 1.62 bits per heavy atom. The highest BCUT2D eigenvalue weighted by atomic mass is 16.5. The minimum absolute atomic E-state index is 0.152. The topological polar surface area (TPSA) is 97.0 Å². The number of nitrogens with zero attached hydrogens (tertiary/aromatic N) is 1. The van der Waals surface area contributed by atoms with Crippen molar-refractivity contribution < 1.29 is 23.9 Å². The van der Waals surface area contributed by atoms with E-state index in [2.05, 4.69) is 34.9 Å². The maximum Gasteiger partial charge on any atom is 0.338 e. The number of ether oxygens (including phenoxy) is 2. The van der Waals surface area contributed by atoms with Crippen LogP contribution in [0, 0.1) is 5.92 Å². The summed E-state index contributed by atoms with van der Waals surface area (Å²) in [5, 5.41) is 5.47. The molecule has 0 radical (unpaired) electrons. The van der Waals surface area contributed by atoms with Gasteiger partial charge < -0.3 is 25.0 Å². The molecule has 0 bridgehead atoms. The van der Waals surface area contributed by atoms with Gasteiger partial charge >= 0.3 is 12.0 Å². The number of amides is 3. The molecule has 0 aromatic heterocycles. The summed E-state index contributed by atoms with van der Waals surface area (Å²) in [5.74, 6) is 0.302. The van der Waals surface area contributed by atoms with Crippen molar-refractivity contribution in [1.29, 1.82) is 0 Å². The van der Waals surface area contributed by atoms with Gasteiger partial charge in [-0.1, -0.05) is 72.8 Å². The van der Waals surface area contributed by atoms with Gasteiger partial charge in [-0.25, -0.2) is 9.59 Å². The Morgan fingerprint density at radius 3 is 2.42 bits per heavy atom. The van der Waals surface area contributed by atoms with Crippen LogP contribution in [-0.2, 0) is 28.9 Å². The Balaban J connectivity index is 1.38. The molecule has 0 spiro atoms. The maximum absolute atomic E-state index is 14.1. The van der Waals surface area contributed by atoms with E-state index in [1.165, 1.54) is 5.56 Å². The highest BCUT2D eigenvalue weighted by Crippen LogP contribution is 2.41. The van der Waals surface area contributed by atoms with Crippen molar-refractivity contribution in [2.75, 3.05) is 25.6 Å². The minimum Gasteiger partial charge on any atom is -0.497 e. The lowest BCUT2D eigenvalue weighted by atomic mass is 9.76. The smallest absolute Gasteiger partial charge is 0.338 e. The summed E-state index contributed by atoms with van der Waals surface area (Å²) in [4.78, 5) is 41.1. The maximum atomic E-state index is 14.1. The third kappa shape index (κ3) is 8.09. The number of urea groups is 1. The molecular weight excluding hydrogens is 566 g/mol. The Morgan fingerprint density at radius 1 is 0.867 bits per heavy atom. The molecule has 45 heavy (non-hydrogen) atoms. The zero-order valence-corrected chi connectivity index (χ0v) is 25.7. The Labute approximate surface area is 264 Å². The lowest BCUT2D eigenvalue weighted by Gasteiger charge is -2.42. The van der Waals surface area contributed by atoms with Crippen molar-refractivity contribution in [2.24, 2.45) is 5.92 Å². The molecule has 232 valence electrons. The highest BCUT2D eigenvalue weighted by Gasteiger charge is 2.36. The number of anilines is 1. The SMILES string of the molecule is CCOC(=O)c1cccc(NC(=O)NCC(=O)N(Cc2ccccc2)C2c3ccccc3CCC2Cc2cccc(OC)c2)c1. The molecule has 8 heteroatoms. The van der Waals surface area contributed by atoms with Gasteiger partial charge in [-0.05, 0) is 84.7 Å².